The summed E-state index contributed by atoms with van der Waals surface area (Å²) in [7, 11) is 0. The summed E-state index contributed by atoms with van der Waals surface area (Å²) in [5, 5.41) is 10.8. The van der Waals surface area contributed by atoms with Gasteiger partial charge in [0.05, 0.1) is 11.4 Å². The lowest BCUT2D eigenvalue weighted by Crippen LogP contribution is -2.23. The van der Waals surface area contributed by atoms with Crippen LogP contribution >= 0.6 is 11.3 Å². The van der Waals surface area contributed by atoms with E-state index in [1.807, 2.05) is 11.5 Å². The molecule has 5 nitrogen and oxygen atoms in total. The highest BCUT2D eigenvalue weighted by molar-refractivity contribution is 7.14. The Balaban J connectivity index is 1.66. The van der Waals surface area contributed by atoms with Crippen LogP contribution in [0.3, 0.4) is 0 Å². The lowest BCUT2D eigenvalue weighted by Gasteiger charge is -2.16. The van der Waals surface area contributed by atoms with Gasteiger partial charge < -0.3 is 9.88 Å². The number of amides is 1. The average molecular weight is 304 g/mol. The summed E-state index contributed by atoms with van der Waals surface area (Å²) >= 11 is 1.64. The first kappa shape index (κ1) is 14.3. The number of rotatable bonds is 4. The molecule has 0 saturated heterocycles. The van der Waals surface area contributed by atoms with Gasteiger partial charge in [0.15, 0.2) is 5.82 Å². The normalized spacial score (nSPS) is 17.5. The van der Waals surface area contributed by atoms with Crippen LogP contribution in [0.15, 0.2) is 12.4 Å². The Morgan fingerprint density at radius 3 is 3.24 bits per heavy atom. The van der Waals surface area contributed by atoms with Gasteiger partial charge in [-0.05, 0) is 43.7 Å². The van der Waals surface area contributed by atoms with E-state index >= 15 is 0 Å². The van der Waals surface area contributed by atoms with Crippen molar-refractivity contribution in [1.82, 2.24) is 20.1 Å². The molecule has 3 rings (SSSR count). The SMILES string of the molecule is CCn1cnnc1CNC(=O)c1cc2c(s1)CC[C@@H](C)C2. The number of nitrogens with one attached hydrogen (secondary N) is 1. The molecule has 112 valence electrons. The molecule has 0 bridgehead atoms. The second-order valence-electron chi connectivity index (χ2n) is 5.62. The summed E-state index contributed by atoms with van der Waals surface area (Å²) in [5.74, 6) is 1.51. The fourth-order valence-corrected chi connectivity index (χ4v) is 3.87. The minimum Gasteiger partial charge on any atom is -0.344 e. The molecule has 1 N–H and O–H groups in total. The Hall–Kier alpha value is -1.69. The van der Waals surface area contributed by atoms with E-state index in [9.17, 15) is 4.79 Å². The van der Waals surface area contributed by atoms with Crippen LogP contribution < -0.4 is 5.32 Å². The molecule has 2 heterocycles. The molecule has 1 aliphatic rings. The zero-order valence-electron chi connectivity index (χ0n) is 12.4. The average Bonchev–Trinajstić information content (AvgIpc) is 3.10. The molecule has 0 aromatic carbocycles. The summed E-state index contributed by atoms with van der Waals surface area (Å²) < 4.78 is 1.93. The topological polar surface area (TPSA) is 59.8 Å². The van der Waals surface area contributed by atoms with Crippen molar-refractivity contribution in [3.63, 3.8) is 0 Å². The number of carbonyl (C=O) groups excluding carboxylic acids is 1. The quantitative estimate of drug-likeness (QED) is 0.943. The maximum Gasteiger partial charge on any atom is 0.261 e. The molecule has 1 atom stereocenters. The molecule has 21 heavy (non-hydrogen) atoms. The number of thiophene rings is 1. The smallest absolute Gasteiger partial charge is 0.261 e. The van der Waals surface area contributed by atoms with Crippen molar-refractivity contribution in [2.45, 2.75) is 46.2 Å². The number of carbonyl (C=O) groups is 1. The third kappa shape index (κ3) is 3.00. The number of hydrogen-bond donors (Lipinski definition) is 1. The van der Waals surface area contributed by atoms with E-state index in [2.05, 4.69) is 28.5 Å². The summed E-state index contributed by atoms with van der Waals surface area (Å²) in [4.78, 5) is 14.5. The van der Waals surface area contributed by atoms with Gasteiger partial charge in [-0.3, -0.25) is 4.79 Å². The van der Waals surface area contributed by atoms with Gasteiger partial charge in [-0.1, -0.05) is 6.92 Å². The van der Waals surface area contributed by atoms with Crippen molar-refractivity contribution < 1.29 is 4.79 Å². The largest absolute Gasteiger partial charge is 0.344 e. The molecule has 0 fully saturated rings. The van der Waals surface area contributed by atoms with Crippen molar-refractivity contribution in [3.05, 3.63) is 33.5 Å². The maximum atomic E-state index is 12.3. The van der Waals surface area contributed by atoms with Crippen LogP contribution in [0, 0.1) is 5.92 Å². The van der Waals surface area contributed by atoms with Gasteiger partial charge in [0.1, 0.15) is 6.33 Å². The Bertz CT molecular complexity index is 646. The molecular weight excluding hydrogens is 284 g/mol. The van der Waals surface area contributed by atoms with E-state index in [4.69, 9.17) is 0 Å². The summed E-state index contributed by atoms with van der Waals surface area (Å²) in [6.07, 6.45) is 5.13. The Labute approximate surface area is 128 Å². The first-order chi connectivity index (χ1) is 10.2. The molecular formula is C15H20N4OS. The minimum absolute atomic E-state index is 0.00675. The van der Waals surface area contributed by atoms with E-state index in [0.29, 0.717) is 6.54 Å². The predicted octanol–water partition coefficient (Wildman–Crippen LogP) is 2.41. The molecule has 2 aromatic rings. The lowest BCUT2D eigenvalue weighted by molar-refractivity contribution is 0.0953. The summed E-state index contributed by atoms with van der Waals surface area (Å²) in [6, 6.07) is 2.07. The molecule has 2 aromatic heterocycles. The van der Waals surface area contributed by atoms with Gasteiger partial charge in [-0.25, -0.2) is 0 Å². The molecule has 6 heteroatoms. The van der Waals surface area contributed by atoms with Crippen molar-refractivity contribution >= 4 is 17.2 Å². The van der Waals surface area contributed by atoms with Gasteiger partial charge in [-0.2, -0.15) is 0 Å². The highest BCUT2D eigenvalue weighted by Crippen LogP contribution is 2.32. The molecule has 0 spiro atoms. The van der Waals surface area contributed by atoms with E-state index in [1.54, 1.807) is 17.7 Å². The van der Waals surface area contributed by atoms with E-state index in [0.717, 1.165) is 36.0 Å². The fourth-order valence-electron chi connectivity index (χ4n) is 2.74. The number of fused-ring (bicyclic) bond motifs is 1. The first-order valence-electron chi connectivity index (χ1n) is 7.43. The Morgan fingerprint density at radius 2 is 2.43 bits per heavy atom. The molecule has 0 aliphatic heterocycles. The van der Waals surface area contributed by atoms with Crippen LogP contribution in [0.4, 0.5) is 0 Å². The lowest BCUT2D eigenvalue weighted by atomic mass is 9.90. The molecule has 1 amide bonds. The standard InChI is InChI=1S/C15H20N4OS/c1-3-19-9-17-18-14(19)8-16-15(20)13-7-11-6-10(2)4-5-12(11)21-13/h7,9-10H,3-6,8H2,1-2H3,(H,16,20)/t10-/m1/s1. The van der Waals surface area contributed by atoms with Crippen LogP contribution in [0.2, 0.25) is 0 Å². The molecule has 1 aliphatic carbocycles. The fraction of sp³-hybridized carbons (Fsp3) is 0.533. The van der Waals surface area contributed by atoms with Gasteiger partial charge in [-0.15, -0.1) is 21.5 Å². The molecule has 0 unspecified atom stereocenters. The van der Waals surface area contributed by atoms with E-state index < -0.39 is 0 Å². The summed E-state index contributed by atoms with van der Waals surface area (Å²) in [5.41, 5.74) is 1.36. The molecule has 0 saturated carbocycles. The van der Waals surface area contributed by atoms with Crippen LogP contribution in [-0.4, -0.2) is 20.7 Å². The second-order valence-corrected chi connectivity index (χ2v) is 6.76. The van der Waals surface area contributed by atoms with Crippen molar-refractivity contribution in [3.8, 4) is 0 Å². The van der Waals surface area contributed by atoms with Gasteiger partial charge in [0.25, 0.3) is 5.91 Å². The van der Waals surface area contributed by atoms with Crippen LogP contribution in [0.5, 0.6) is 0 Å². The van der Waals surface area contributed by atoms with Crippen molar-refractivity contribution in [1.29, 1.82) is 0 Å². The Morgan fingerprint density at radius 1 is 1.57 bits per heavy atom. The van der Waals surface area contributed by atoms with Crippen LogP contribution in [0.25, 0.3) is 0 Å². The number of aryl methyl sites for hydroxylation is 2. The first-order valence-corrected chi connectivity index (χ1v) is 8.25. The molecule has 0 radical (unpaired) electrons. The third-order valence-corrected chi connectivity index (χ3v) is 5.23. The maximum absolute atomic E-state index is 12.3. The van der Waals surface area contributed by atoms with Gasteiger partial charge >= 0.3 is 0 Å². The predicted molar refractivity (Wildman–Crippen MR) is 82.4 cm³/mol. The number of aromatic nitrogens is 3. The van der Waals surface area contributed by atoms with Crippen LogP contribution in [0.1, 0.15) is 46.2 Å². The highest BCUT2D eigenvalue weighted by Gasteiger charge is 2.20. The monoisotopic (exact) mass is 304 g/mol. The number of hydrogen-bond acceptors (Lipinski definition) is 4. The summed E-state index contributed by atoms with van der Waals surface area (Å²) in [6.45, 7) is 5.54. The second kappa shape index (κ2) is 5.97. The highest BCUT2D eigenvalue weighted by atomic mass is 32.1. The zero-order chi connectivity index (χ0) is 14.8. The minimum atomic E-state index is -0.00675. The number of nitrogens with zero attached hydrogens (tertiary/aromatic N) is 3. The van der Waals surface area contributed by atoms with Gasteiger partial charge in [0.2, 0.25) is 0 Å². The Kier molecular flexibility index (Phi) is 4.05. The van der Waals surface area contributed by atoms with Gasteiger partial charge in [0, 0.05) is 11.4 Å². The zero-order valence-corrected chi connectivity index (χ0v) is 13.2. The van der Waals surface area contributed by atoms with E-state index in [1.165, 1.54) is 16.9 Å². The third-order valence-electron chi connectivity index (χ3n) is 4.00. The van der Waals surface area contributed by atoms with Crippen molar-refractivity contribution in [2.24, 2.45) is 5.92 Å². The van der Waals surface area contributed by atoms with E-state index in [-0.39, 0.29) is 5.91 Å². The van der Waals surface area contributed by atoms with Crippen LogP contribution in [-0.2, 0) is 25.9 Å². The van der Waals surface area contributed by atoms with Crippen molar-refractivity contribution in [2.75, 3.05) is 0 Å².